The molecule has 3 heteroatoms. The van der Waals surface area contributed by atoms with E-state index in [9.17, 15) is 0 Å². The van der Waals surface area contributed by atoms with Crippen molar-refractivity contribution in [1.29, 1.82) is 0 Å². The number of benzene rings is 2. The summed E-state index contributed by atoms with van der Waals surface area (Å²) in [7, 11) is 0. The molecule has 3 nitrogen and oxygen atoms in total. The number of aromatic nitrogens is 2. The van der Waals surface area contributed by atoms with Gasteiger partial charge in [0.25, 0.3) is 0 Å². The maximum atomic E-state index is 6.03. The molecule has 0 aliphatic rings. The molecule has 1 aromatic heterocycles. The first-order chi connectivity index (χ1) is 11.3. The Morgan fingerprint density at radius 3 is 2.22 bits per heavy atom. The maximum Gasteiger partial charge on any atom is 0.200 e. The van der Waals surface area contributed by atoms with Crippen LogP contribution in [0.4, 0.5) is 5.95 Å². The second kappa shape index (κ2) is 7.14. The van der Waals surface area contributed by atoms with Crippen molar-refractivity contribution >= 4 is 5.95 Å². The van der Waals surface area contributed by atoms with Crippen molar-refractivity contribution in [1.82, 2.24) is 9.55 Å². The normalized spacial score (nSPS) is 10.8. The third-order valence-electron chi connectivity index (χ3n) is 4.10. The molecule has 0 fully saturated rings. The number of nitrogen functional groups attached to an aromatic ring is 1. The van der Waals surface area contributed by atoms with Crippen molar-refractivity contribution in [3.63, 3.8) is 0 Å². The first-order valence-corrected chi connectivity index (χ1v) is 8.26. The van der Waals surface area contributed by atoms with Gasteiger partial charge in [0, 0.05) is 18.3 Å². The predicted molar refractivity (Wildman–Crippen MR) is 97.0 cm³/mol. The summed E-state index contributed by atoms with van der Waals surface area (Å²) in [4.78, 5) is 4.50. The van der Waals surface area contributed by atoms with Crippen molar-refractivity contribution in [2.45, 2.75) is 32.7 Å². The minimum Gasteiger partial charge on any atom is -0.369 e. The second-order valence-corrected chi connectivity index (χ2v) is 5.83. The highest BCUT2D eigenvalue weighted by molar-refractivity contribution is 5.69. The Morgan fingerprint density at radius 2 is 1.52 bits per heavy atom. The van der Waals surface area contributed by atoms with Gasteiger partial charge in [0.05, 0.1) is 5.69 Å². The molecule has 2 N–H and O–H groups in total. The Balaban J connectivity index is 1.78. The lowest BCUT2D eigenvalue weighted by molar-refractivity contribution is 0.608. The third-order valence-corrected chi connectivity index (χ3v) is 4.10. The summed E-state index contributed by atoms with van der Waals surface area (Å²) in [5.41, 5.74) is 10.5. The number of imidazole rings is 1. The van der Waals surface area contributed by atoms with Gasteiger partial charge in [0.1, 0.15) is 0 Å². The van der Waals surface area contributed by atoms with Gasteiger partial charge in [-0.3, -0.25) is 0 Å². The smallest absolute Gasteiger partial charge is 0.200 e. The molecule has 0 unspecified atom stereocenters. The zero-order chi connectivity index (χ0) is 16.1. The van der Waals surface area contributed by atoms with Gasteiger partial charge in [-0.25, -0.2) is 4.98 Å². The fourth-order valence-corrected chi connectivity index (χ4v) is 2.74. The highest BCUT2D eigenvalue weighted by Crippen LogP contribution is 2.25. The molecule has 3 rings (SSSR count). The number of hydrogen-bond acceptors (Lipinski definition) is 2. The summed E-state index contributed by atoms with van der Waals surface area (Å²) < 4.78 is 2.05. The van der Waals surface area contributed by atoms with Gasteiger partial charge in [-0.05, 0) is 17.5 Å². The lowest BCUT2D eigenvalue weighted by atomic mass is 10.0. The summed E-state index contributed by atoms with van der Waals surface area (Å²) in [5, 5.41) is 0. The third kappa shape index (κ3) is 3.62. The number of nitrogens with zero attached hydrogens (tertiary/aromatic N) is 2. The van der Waals surface area contributed by atoms with E-state index in [4.69, 9.17) is 5.73 Å². The van der Waals surface area contributed by atoms with Crippen LogP contribution >= 0.6 is 0 Å². The number of rotatable bonds is 6. The van der Waals surface area contributed by atoms with Crippen molar-refractivity contribution < 1.29 is 0 Å². The monoisotopic (exact) mass is 305 g/mol. The standard InChI is InChI=1S/C20H23N3/c1-2-3-7-14-23-15-19(22-20(23)21)18-12-10-17(11-13-18)16-8-5-4-6-9-16/h4-6,8-13,15H,2-3,7,14H2,1H3,(H2,21,22). The van der Waals surface area contributed by atoms with Crippen molar-refractivity contribution in [3.8, 4) is 22.4 Å². The van der Waals surface area contributed by atoms with Gasteiger partial charge in [-0.15, -0.1) is 0 Å². The average molecular weight is 305 g/mol. The Morgan fingerprint density at radius 1 is 0.870 bits per heavy atom. The van der Waals surface area contributed by atoms with Gasteiger partial charge in [-0.2, -0.15) is 0 Å². The molecule has 23 heavy (non-hydrogen) atoms. The minimum absolute atomic E-state index is 0.600. The number of anilines is 1. The molecule has 0 saturated heterocycles. The number of hydrogen-bond donors (Lipinski definition) is 1. The number of aryl methyl sites for hydroxylation is 1. The van der Waals surface area contributed by atoms with Crippen LogP contribution in [0.5, 0.6) is 0 Å². The van der Waals surface area contributed by atoms with E-state index >= 15 is 0 Å². The van der Waals surface area contributed by atoms with E-state index in [1.54, 1.807) is 0 Å². The van der Waals surface area contributed by atoms with E-state index < -0.39 is 0 Å². The lowest BCUT2D eigenvalue weighted by Gasteiger charge is -2.03. The lowest BCUT2D eigenvalue weighted by Crippen LogP contribution is -2.02. The zero-order valence-corrected chi connectivity index (χ0v) is 13.6. The van der Waals surface area contributed by atoms with Crippen molar-refractivity contribution in [2.75, 3.05) is 5.73 Å². The highest BCUT2D eigenvalue weighted by Gasteiger charge is 2.07. The summed E-state index contributed by atoms with van der Waals surface area (Å²) in [6, 6.07) is 18.9. The van der Waals surface area contributed by atoms with Gasteiger partial charge < -0.3 is 10.3 Å². The van der Waals surface area contributed by atoms with Crippen molar-refractivity contribution in [3.05, 3.63) is 60.8 Å². The first-order valence-electron chi connectivity index (χ1n) is 8.26. The summed E-state index contributed by atoms with van der Waals surface area (Å²) >= 11 is 0. The van der Waals surface area contributed by atoms with Gasteiger partial charge in [0.15, 0.2) is 0 Å². The molecule has 2 aromatic carbocycles. The molecule has 0 aliphatic carbocycles. The van der Waals surface area contributed by atoms with Crippen LogP contribution in [0.1, 0.15) is 26.2 Å². The van der Waals surface area contributed by atoms with Crippen LogP contribution in [0.2, 0.25) is 0 Å². The fraction of sp³-hybridized carbons (Fsp3) is 0.250. The Labute approximate surface area is 137 Å². The molecule has 0 atom stereocenters. The molecule has 0 bridgehead atoms. The second-order valence-electron chi connectivity index (χ2n) is 5.83. The molecule has 0 amide bonds. The Kier molecular flexibility index (Phi) is 4.77. The molecule has 0 spiro atoms. The molecular formula is C20H23N3. The van der Waals surface area contributed by atoms with E-state index in [1.807, 2.05) is 6.07 Å². The predicted octanol–water partition coefficient (Wildman–Crippen LogP) is 4.99. The average Bonchev–Trinajstić information content (AvgIpc) is 2.97. The zero-order valence-electron chi connectivity index (χ0n) is 13.6. The molecule has 0 aliphatic heterocycles. The van der Waals surface area contributed by atoms with E-state index in [0.717, 1.165) is 24.2 Å². The van der Waals surface area contributed by atoms with Crippen LogP contribution in [0.3, 0.4) is 0 Å². The van der Waals surface area contributed by atoms with E-state index in [2.05, 4.69) is 71.2 Å². The molecule has 118 valence electrons. The molecule has 0 radical (unpaired) electrons. The van der Waals surface area contributed by atoms with E-state index in [-0.39, 0.29) is 0 Å². The van der Waals surface area contributed by atoms with Crippen molar-refractivity contribution in [2.24, 2.45) is 0 Å². The van der Waals surface area contributed by atoms with Crippen LogP contribution < -0.4 is 5.73 Å². The summed E-state index contributed by atoms with van der Waals surface area (Å²) in [6.07, 6.45) is 5.63. The molecule has 1 heterocycles. The Hall–Kier alpha value is -2.55. The van der Waals surface area contributed by atoms with Gasteiger partial charge in [0.2, 0.25) is 5.95 Å². The van der Waals surface area contributed by atoms with Crippen LogP contribution in [0.15, 0.2) is 60.8 Å². The Bertz CT molecular complexity index is 742. The summed E-state index contributed by atoms with van der Waals surface area (Å²) in [6.45, 7) is 3.14. The number of unbranched alkanes of at least 4 members (excludes halogenated alkanes) is 2. The molecule has 3 aromatic rings. The fourth-order valence-electron chi connectivity index (χ4n) is 2.74. The van der Waals surface area contributed by atoms with Crippen LogP contribution in [-0.4, -0.2) is 9.55 Å². The highest BCUT2D eigenvalue weighted by atomic mass is 15.1. The van der Waals surface area contributed by atoms with E-state index in [1.165, 1.54) is 24.0 Å². The van der Waals surface area contributed by atoms with Crippen LogP contribution in [0.25, 0.3) is 22.4 Å². The quantitative estimate of drug-likeness (QED) is 0.652. The molecule has 0 saturated carbocycles. The topological polar surface area (TPSA) is 43.8 Å². The van der Waals surface area contributed by atoms with Crippen LogP contribution in [-0.2, 0) is 6.54 Å². The van der Waals surface area contributed by atoms with Gasteiger partial charge >= 0.3 is 0 Å². The largest absolute Gasteiger partial charge is 0.369 e. The summed E-state index contributed by atoms with van der Waals surface area (Å²) in [5.74, 6) is 0.600. The number of nitrogens with two attached hydrogens (primary N) is 1. The molecular weight excluding hydrogens is 282 g/mol. The van der Waals surface area contributed by atoms with E-state index in [0.29, 0.717) is 5.95 Å². The minimum atomic E-state index is 0.600. The SMILES string of the molecule is CCCCCn1cc(-c2ccc(-c3ccccc3)cc2)nc1N. The van der Waals surface area contributed by atoms with Gasteiger partial charge in [-0.1, -0.05) is 74.4 Å². The first kappa shape index (κ1) is 15.3. The maximum absolute atomic E-state index is 6.03. The van der Waals surface area contributed by atoms with Crippen LogP contribution in [0, 0.1) is 0 Å².